The number of nitrogens with two attached hydrogens (primary N) is 1. The molecule has 12 heteroatoms. The van der Waals surface area contributed by atoms with Crippen molar-refractivity contribution in [3.05, 3.63) is 56.4 Å². The minimum atomic E-state index is -1.44. The zero-order valence-corrected chi connectivity index (χ0v) is 17.6. The summed E-state index contributed by atoms with van der Waals surface area (Å²) in [5.41, 5.74) is 5.64. The molecule has 0 aromatic heterocycles. The molecule has 1 amide bonds. The van der Waals surface area contributed by atoms with Crippen LogP contribution < -0.4 is 16.5 Å². The van der Waals surface area contributed by atoms with E-state index in [4.69, 9.17) is 20.5 Å². The van der Waals surface area contributed by atoms with E-state index in [2.05, 4.69) is 10.5 Å². The number of hydrogen-bond acceptors (Lipinski definition) is 7. The van der Waals surface area contributed by atoms with E-state index in [1.165, 1.54) is 12.1 Å². The molecule has 0 bridgehead atoms. The Morgan fingerprint density at radius 3 is 2.67 bits per heavy atom. The molecule has 5 N–H and O–H groups in total. The zero-order valence-electron chi connectivity index (χ0n) is 15.4. The van der Waals surface area contributed by atoms with Gasteiger partial charge in [-0.15, -0.1) is 0 Å². The lowest BCUT2D eigenvalue weighted by molar-refractivity contribution is 0.0168. The highest BCUT2D eigenvalue weighted by molar-refractivity contribution is 14.1. The normalized spacial score (nSPS) is 11.0. The van der Waals surface area contributed by atoms with Crippen LogP contribution >= 0.6 is 22.6 Å². The van der Waals surface area contributed by atoms with Crippen LogP contribution in [0.2, 0.25) is 0 Å². The van der Waals surface area contributed by atoms with Crippen molar-refractivity contribution in [1.29, 1.82) is 0 Å². The van der Waals surface area contributed by atoms with E-state index in [1.807, 2.05) is 28.1 Å². The number of benzene rings is 2. The third-order valence-electron chi connectivity index (χ3n) is 3.50. The fourth-order valence-corrected chi connectivity index (χ4v) is 2.64. The average molecular weight is 538 g/mol. The Labute approximate surface area is 183 Å². The van der Waals surface area contributed by atoms with E-state index in [9.17, 15) is 18.0 Å². The molecule has 2 aromatic rings. The van der Waals surface area contributed by atoms with E-state index in [0.717, 1.165) is 12.3 Å². The first kappa shape index (κ1) is 23.9. The van der Waals surface area contributed by atoms with Crippen LogP contribution in [0.3, 0.4) is 0 Å². The second-order valence-corrected chi connectivity index (χ2v) is 6.87. The van der Waals surface area contributed by atoms with Gasteiger partial charge in [-0.3, -0.25) is 9.63 Å². The van der Waals surface area contributed by atoms with Gasteiger partial charge in [-0.2, -0.15) is 0 Å². The number of aliphatic hydroxyl groups is 1. The summed E-state index contributed by atoms with van der Waals surface area (Å²) in [7, 11) is 0. The summed E-state index contributed by atoms with van der Waals surface area (Å²) in [6.45, 7) is -0.401. The fourth-order valence-electron chi connectivity index (χ4n) is 2.18. The van der Waals surface area contributed by atoms with Crippen molar-refractivity contribution in [3.8, 4) is 0 Å². The maximum absolute atomic E-state index is 14.8. The van der Waals surface area contributed by atoms with E-state index < -0.39 is 40.2 Å². The minimum absolute atomic E-state index is 0.0503. The summed E-state index contributed by atoms with van der Waals surface area (Å²) in [6, 6.07) is 5.02. The van der Waals surface area contributed by atoms with E-state index >= 15 is 0 Å². The number of anilines is 2. The first-order chi connectivity index (χ1) is 14.4. The summed E-state index contributed by atoms with van der Waals surface area (Å²) in [6.07, 6.45) is 0.870. The van der Waals surface area contributed by atoms with Gasteiger partial charge in [0.05, 0.1) is 36.4 Å². The molecule has 0 aliphatic carbocycles. The number of nitrogens with zero attached hydrogens (tertiary/aromatic N) is 1. The highest BCUT2D eigenvalue weighted by atomic mass is 127. The smallest absolute Gasteiger partial charge is 0.277 e. The van der Waals surface area contributed by atoms with Crippen LogP contribution in [0, 0.1) is 21.0 Å². The number of halogens is 4. The number of carbonyl (C=O) groups excluding carboxylic acids is 1. The first-order valence-electron chi connectivity index (χ1n) is 8.51. The third-order valence-corrected chi connectivity index (χ3v) is 4.17. The predicted molar refractivity (Wildman–Crippen MR) is 112 cm³/mol. The van der Waals surface area contributed by atoms with Crippen molar-refractivity contribution in [2.75, 3.05) is 31.7 Å². The Balaban J connectivity index is 2.47. The molecular weight excluding hydrogens is 520 g/mol. The molecule has 0 aliphatic heterocycles. The molecule has 0 spiro atoms. The summed E-state index contributed by atoms with van der Waals surface area (Å²) >= 11 is 1.89. The van der Waals surface area contributed by atoms with Gasteiger partial charge in [0.15, 0.2) is 11.6 Å². The summed E-state index contributed by atoms with van der Waals surface area (Å²) < 4.78 is 44.1. The van der Waals surface area contributed by atoms with Gasteiger partial charge in [-0.25, -0.2) is 18.7 Å². The lowest BCUT2D eigenvalue weighted by Gasteiger charge is -2.15. The van der Waals surface area contributed by atoms with Gasteiger partial charge in [0.25, 0.3) is 5.91 Å². The Bertz CT molecular complexity index is 931. The van der Waals surface area contributed by atoms with Gasteiger partial charge >= 0.3 is 0 Å². The van der Waals surface area contributed by atoms with Crippen LogP contribution in [0.25, 0.3) is 0 Å². The largest absolute Gasteiger partial charge is 0.394 e. The molecule has 2 aromatic carbocycles. The average Bonchev–Trinajstić information content (AvgIpc) is 2.72. The van der Waals surface area contributed by atoms with Crippen molar-refractivity contribution in [1.82, 2.24) is 5.48 Å². The molecule has 30 heavy (non-hydrogen) atoms. The lowest BCUT2D eigenvalue weighted by atomic mass is 10.1. The van der Waals surface area contributed by atoms with Crippen LogP contribution in [-0.4, -0.2) is 43.6 Å². The molecule has 162 valence electrons. The molecule has 0 atom stereocenters. The van der Waals surface area contributed by atoms with Crippen LogP contribution in [0.4, 0.5) is 24.5 Å². The number of rotatable bonds is 10. The number of carbonyl (C=O) groups is 1. The molecular formula is C18H18F3IN4O4. The number of hydroxylamine groups is 1. The van der Waals surface area contributed by atoms with Crippen molar-refractivity contribution in [3.63, 3.8) is 0 Å². The monoisotopic (exact) mass is 538 g/mol. The van der Waals surface area contributed by atoms with Gasteiger partial charge in [0.1, 0.15) is 12.4 Å². The number of amides is 1. The quantitative estimate of drug-likeness (QED) is 0.160. The maximum Gasteiger partial charge on any atom is 0.277 e. The highest BCUT2D eigenvalue weighted by Gasteiger charge is 2.23. The van der Waals surface area contributed by atoms with Crippen molar-refractivity contribution >= 4 is 46.1 Å². The number of aliphatic hydroxyl groups excluding tert-OH is 1. The molecule has 0 heterocycles. The summed E-state index contributed by atoms with van der Waals surface area (Å²) in [4.78, 5) is 21.9. The summed E-state index contributed by atoms with van der Waals surface area (Å²) in [5, 5.41) is 14.6. The van der Waals surface area contributed by atoms with Gasteiger partial charge in [0.2, 0.25) is 0 Å². The van der Waals surface area contributed by atoms with Gasteiger partial charge in [-0.1, -0.05) is 5.16 Å². The van der Waals surface area contributed by atoms with Gasteiger partial charge in [-0.05, 0) is 46.9 Å². The topological polar surface area (TPSA) is 118 Å². The summed E-state index contributed by atoms with van der Waals surface area (Å²) in [5.74, 6) is -4.47. The number of nitrogens with one attached hydrogen (secondary N) is 2. The van der Waals surface area contributed by atoms with E-state index in [1.54, 1.807) is 6.07 Å². The molecule has 0 fully saturated rings. The molecule has 8 nitrogen and oxygen atoms in total. The van der Waals surface area contributed by atoms with Crippen LogP contribution in [-0.2, 0) is 9.68 Å². The highest BCUT2D eigenvalue weighted by Crippen LogP contribution is 2.30. The van der Waals surface area contributed by atoms with Crippen molar-refractivity contribution < 1.29 is 32.7 Å². The Morgan fingerprint density at radius 2 is 2.00 bits per heavy atom. The van der Waals surface area contributed by atoms with Crippen molar-refractivity contribution in [2.24, 2.45) is 10.9 Å². The zero-order chi connectivity index (χ0) is 22.1. The first-order valence-corrected chi connectivity index (χ1v) is 9.59. The SMILES string of the molecule is NCCO/N=C\c1cc(C(=O)NOCCO)c(Nc2ccc(I)cc2F)c(F)c1F. The number of oxime groups is 1. The van der Waals surface area contributed by atoms with Crippen LogP contribution in [0.1, 0.15) is 15.9 Å². The second kappa shape index (κ2) is 11.7. The van der Waals surface area contributed by atoms with Crippen LogP contribution in [0.5, 0.6) is 0 Å². The Hall–Kier alpha value is -2.42. The van der Waals surface area contributed by atoms with E-state index in [0.29, 0.717) is 3.57 Å². The molecule has 0 unspecified atom stereocenters. The molecule has 0 aliphatic rings. The molecule has 2 rings (SSSR count). The maximum atomic E-state index is 14.8. The molecule has 0 radical (unpaired) electrons. The minimum Gasteiger partial charge on any atom is -0.394 e. The second-order valence-electron chi connectivity index (χ2n) is 5.63. The molecule has 0 saturated carbocycles. The predicted octanol–water partition coefficient (Wildman–Crippen LogP) is 2.42. The van der Waals surface area contributed by atoms with Crippen molar-refractivity contribution in [2.45, 2.75) is 0 Å². The Morgan fingerprint density at radius 1 is 1.23 bits per heavy atom. The van der Waals surface area contributed by atoms with Gasteiger partial charge in [0, 0.05) is 15.7 Å². The molecule has 0 saturated heterocycles. The number of hydrogen-bond donors (Lipinski definition) is 4. The Kier molecular flexibility index (Phi) is 9.29. The lowest BCUT2D eigenvalue weighted by Crippen LogP contribution is -2.26. The van der Waals surface area contributed by atoms with E-state index in [-0.39, 0.29) is 32.1 Å². The fraction of sp³-hybridized carbons (Fsp3) is 0.222. The van der Waals surface area contributed by atoms with Gasteiger partial charge < -0.3 is 21.0 Å². The standard InChI is InChI=1S/C18H18F3IN4O4/c19-13-8-11(22)1-2-14(13)25-17-12(18(28)26-30-6-4-27)7-10(15(20)16(17)21)9-24-29-5-3-23/h1-2,7-9,25,27H,3-6,23H2,(H,26,28)/b24-9-. The van der Waals surface area contributed by atoms with Crippen LogP contribution in [0.15, 0.2) is 29.4 Å². The third kappa shape index (κ3) is 6.29.